The number of hydrogen-bond donors (Lipinski definition) is 0. The summed E-state index contributed by atoms with van der Waals surface area (Å²) in [6.07, 6.45) is 0. The summed E-state index contributed by atoms with van der Waals surface area (Å²) in [5.74, 6) is 1.67. The van der Waals surface area contributed by atoms with E-state index in [0.29, 0.717) is 0 Å². The summed E-state index contributed by atoms with van der Waals surface area (Å²) in [6.45, 7) is 4.22. The van der Waals surface area contributed by atoms with E-state index in [-0.39, 0.29) is 0 Å². The molecule has 3 rings (SSSR count). The number of benzene rings is 3. The molecule has 0 N–H and O–H groups in total. The van der Waals surface area contributed by atoms with Gasteiger partial charge in [0.25, 0.3) is 0 Å². The lowest BCUT2D eigenvalue weighted by atomic mass is 9.90. The third-order valence-electron chi connectivity index (χ3n) is 3.92. The van der Waals surface area contributed by atoms with Gasteiger partial charge in [-0.1, -0.05) is 24.3 Å². The second kappa shape index (κ2) is 6.49. The maximum absolute atomic E-state index is 5.54. The molecule has 0 fully saturated rings. The second-order valence-corrected chi connectivity index (χ2v) is 5.24. The van der Waals surface area contributed by atoms with E-state index in [4.69, 9.17) is 9.47 Å². The lowest BCUT2D eigenvalue weighted by Crippen LogP contribution is -1.94. The number of hydrogen-bond acceptors (Lipinski definition) is 2. The molecule has 2 heteroatoms. The average molecular weight is 303 g/mol. The quantitative estimate of drug-likeness (QED) is 0.615. The molecule has 0 aliphatic rings. The van der Waals surface area contributed by atoms with Gasteiger partial charge in [-0.2, -0.15) is 0 Å². The first-order valence-corrected chi connectivity index (χ1v) is 7.48. The molecule has 0 bridgehead atoms. The minimum Gasteiger partial charge on any atom is -0.496 e. The fraction of sp³-hybridized carbons (Fsp3) is 0.0952. The molecule has 0 aliphatic carbocycles. The highest BCUT2D eigenvalue weighted by molar-refractivity contribution is 5.90. The molecule has 0 spiro atoms. The predicted molar refractivity (Wildman–Crippen MR) is 94.9 cm³/mol. The molecule has 0 saturated carbocycles. The van der Waals surface area contributed by atoms with Gasteiger partial charge in [0.1, 0.15) is 22.6 Å². The van der Waals surface area contributed by atoms with Crippen LogP contribution >= 0.6 is 0 Å². The van der Waals surface area contributed by atoms with Crippen molar-refractivity contribution < 1.29 is 9.47 Å². The van der Waals surface area contributed by atoms with Gasteiger partial charge >= 0.3 is 0 Å². The predicted octanol–water partition coefficient (Wildman–Crippen LogP) is 5.22. The van der Waals surface area contributed by atoms with Crippen LogP contribution in [-0.4, -0.2) is 14.2 Å². The molecule has 23 heavy (non-hydrogen) atoms. The van der Waals surface area contributed by atoms with Crippen molar-refractivity contribution >= 4 is 0 Å². The highest BCUT2D eigenvalue weighted by Crippen LogP contribution is 2.41. The Morgan fingerprint density at radius 1 is 0.609 bits per heavy atom. The molecular weight excluding hydrogens is 284 g/mol. The van der Waals surface area contributed by atoms with Gasteiger partial charge in [0.2, 0.25) is 0 Å². The molecule has 2 nitrogen and oxygen atoms in total. The minimum absolute atomic E-state index is 0.833. The molecule has 0 amide bonds. The lowest BCUT2D eigenvalue weighted by Gasteiger charge is -2.13. The Morgan fingerprint density at radius 2 is 1.13 bits per heavy atom. The van der Waals surface area contributed by atoms with Gasteiger partial charge in [-0.15, -0.1) is 0 Å². The Morgan fingerprint density at radius 3 is 1.78 bits per heavy atom. The summed E-state index contributed by atoms with van der Waals surface area (Å²) < 4.78 is 11.1. The van der Waals surface area contributed by atoms with Crippen LogP contribution in [0.2, 0.25) is 0 Å². The standard InChI is InChI=1S/C21H19O2/c1-15-9-8-12-17(16-10-4-6-13-19(16)22-2)21(15)18-11-5-7-14-20(18)23-3/h4-14H,1H2,2-3H3/q+1. The molecule has 0 radical (unpaired) electrons. The maximum atomic E-state index is 5.54. The summed E-state index contributed by atoms with van der Waals surface area (Å²) in [6, 6.07) is 22.1. The molecular formula is C21H19O2+. The van der Waals surface area contributed by atoms with E-state index < -0.39 is 0 Å². The zero-order valence-electron chi connectivity index (χ0n) is 13.4. The van der Waals surface area contributed by atoms with Crippen molar-refractivity contribution in [1.82, 2.24) is 0 Å². The fourth-order valence-electron chi connectivity index (χ4n) is 2.86. The Balaban J connectivity index is 2.30. The third-order valence-corrected chi connectivity index (χ3v) is 3.92. The molecule has 0 atom stereocenters. The molecule has 3 aromatic carbocycles. The second-order valence-electron chi connectivity index (χ2n) is 5.24. The Kier molecular flexibility index (Phi) is 4.24. The highest BCUT2D eigenvalue weighted by Gasteiger charge is 2.21. The highest BCUT2D eigenvalue weighted by atomic mass is 16.5. The Bertz CT molecular complexity index is 822. The van der Waals surface area contributed by atoms with E-state index in [9.17, 15) is 0 Å². The monoisotopic (exact) mass is 303 g/mol. The van der Waals surface area contributed by atoms with Crippen LogP contribution < -0.4 is 9.47 Å². The van der Waals surface area contributed by atoms with Gasteiger partial charge in [0.05, 0.1) is 25.3 Å². The largest absolute Gasteiger partial charge is 0.496 e. The lowest BCUT2D eigenvalue weighted by molar-refractivity contribution is 0.416. The van der Waals surface area contributed by atoms with Crippen molar-refractivity contribution in [3.63, 3.8) is 0 Å². The summed E-state index contributed by atoms with van der Waals surface area (Å²) >= 11 is 0. The van der Waals surface area contributed by atoms with Crippen LogP contribution in [0.4, 0.5) is 0 Å². The Labute approximate surface area is 137 Å². The minimum atomic E-state index is 0.833. The number of rotatable bonds is 4. The number of methoxy groups -OCH3 is 2. The number of para-hydroxylation sites is 2. The van der Waals surface area contributed by atoms with Gasteiger partial charge in [-0.3, -0.25) is 0 Å². The maximum Gasteiger partial charge on any atom is 0.140 e. The van der Waals surface area contributed by atoms with E-state index in [1.165, 1.54) is 0 Å². The Hall–Kier alpha value is -2.87. The summed E-state index contributed by atoms with van der Waals surface area (Å²) in [5.41, 5.74) is 5.18. The van der Waals surface area contributed by atoms with Crippen LogP contribution in [-0.2, 0) is 0 Å². The van der Waals surface area contributed by atoms with Crippen LogP contribution in [0.25, 0.3) is 22.3 Å². The first-order valence-electron chi connectivity index (χ1n) is 7.48. The summed E-state index contributed by atoms with van der Waals surface area (Å²) in [4.78, 5) is 0. The van der Waals surface area contributed by atoms with Gasteiger partial charge in [0.15, 0.2) is 0 Å². The van der Waals surface area contributed by atoms with Crippen molar-refractivity contribution in [2.75, 3.05) is 14.2 Å². The molecule has 0 saturated heterocycles. The van der Waals surface area contributed by atoms with Crippen LogP contribution in [0.15, 0.2) is 66.7 Å². The molecule has 3 aromatic rings. The molecule has 0 heterocycles. The first-order chi connectivity index (χ1) is 11.3. The average Bonchev–Trinajstić information content (AvgIpc) is 2.61. The zero-order chi connectivity index (χ0) is 16.2. The van der Waals surface area contributed by atoms with Crippen molar-refractivity contribution in [3.05, 3.63) is 79.2 Å². The number of ether oxygens (including phenoxy) is 2. The zero-order valence-corrected chi connectivity index (χ0v) is 13.4. The SMILES string of the molecule is [CH2+]c1cccc(-c2ccccc2OC)c1-c1ccccc1OC. The molecule has 0 aliphatic heterocycles. The van der Waals surface area contributed by atoms with Crippen molar-refractivity contribution in [2.45, 2.75) is 0 Å². The van der Waals surface area contributed by atoms with Gasteiger partial charge < -0.3 is 9.47 Å². The van der Waals surface area contributed by atoms with Crippen LogP contribution in [0.3, 0.4) is 0 Å². The molecule has 0 aromatic heterocycles. The first kappa shape index (κ1) is 15.0. The van der Waals surface area contributed by atoms with Crippen molar-refractivity contribution in [1.29, 1.82) is 0 Å². The molecule has 114 valence electrons. The smallest absolute Gasteiger partial charge is 0.140 e. The van der Waals surface area contributed by atoms with Crippen LogP contribution in [0.5, 0.6) is 11.5 Å². The molecule has 0 unspecified atom stereocenters. The summed E-state index contributed by atoms with van der Waals surface area (Å²) in [5, 5.41) is 0. The van der Waals surface area contributed by atoms with Crippen LogP contribution in [0, 0.1) is 6.92 Å². The van der Waals surface area contributed by atoms with E-state index in [2.05, 4.69) is 25.1 Å². The summed E-state index contributed by atoms with van der Waals surface area (Å²) in [7, 11) is 3.38. The van der Waals surface area contributed by atoms with E-state index >= 15 is 0 Å². The van der Waals surface area contributed by atoms with Crippen LogP contribution in [0.1, 0.15) is 5.56 Å². The van der Waals surface area contributed by atoms with Gasteiger partial charge in [-0.25, -0.2) is 0 Å². The van der Waals surface area contributed by atoms with Gasteiger partial charge in [-0.05, 0) is 36.4 Å². The normalized spacial score (nSPS) is 10.3. The van der Waals surface area contributed by atoms with Crippen molar-refractivity contribution in [2.24, 2.45) is 0 Å². The van der Waals surface area contributed by atoms with Gasteiger partial charge in [0, 0.05) is 18.6 Å². The van der Waals surface area contributed by atoms with E-state index in [1.807, 2.05) is 48.5 Å². The van der Waals surface area contributed by atoms with Crippen molar-refractivity contribution in [3.8, 4) is 33.8 Å². The van der Waals surface area contributed by atoms with E-state index in [0.717, 1.165) is 39.3 Å². The fourth-order valence-corrected chi connectivity index (χ4v) is 2.86. The topological polar surface area (TPSA) is 18.5 Å². The van der Waals surface area contributed by atoms with E-state index in [1.54, 1.807) is 14.2 Å². The third kappa shape index (κ3) is 2.76.